The van der Waals surface area contributed by atoms with E-state index < -0.39 is 0 Å². The zero-order valence-corrected chi connectivity index (χ0v) is 10.7. The number of rotatable bonds is 3. The van der Waals surface area contributed by atoms with Crippen molar-refractivity contribution in [3.63, 3.8) is 0 Å². The number of benzene rings is 1. The van der Waals surface area contributed by atoms with Gasteiger partial charge < -0.3 is 11.1 Å². The Labute approximate surface area is 105 Å². The molecule has 84 valence electrons. The number of halogens is 2. The van der Waals surface area contributed by atoms with Gasteiger partial charge in [-0.05, 0) is 45.6 Å². The van der Waals surface area contributed by atoms with Crippen molar-refractivity contribution in [2.45, 2.75) is 6.54 Å². The van der Waals surface area contributed by atoms with Gasteiger partial charge >= 0.3 is 0 Å². The molecule has 0 aliphatic rings. The molecule has 0 unspecified atom stereocenters. The molecule has 0 aliphatic carbocycles. The Hall–Kier alpha value is -1.07. The molecule has 0 saturated heterocycles. The first-order valence-corrected chi connectivity index (χ1v) is 6.35. The summed E-state index contributed by atoms with van der Waals surface area (Å²) in [6.07, 6.45) is 0. The van der Waals surface area contributed by atoms with Crippen LogP contribution in [0.3, 0.4) is 0 Å². The van der Waals surface area contributed by atoms with E-state index >= 15 is 0 Å². The van der Waals surface area contributed by atoms with Crippen molar-refractivity contribution in [1.82, 2.24) is 0 Å². The average Bonchev–Trinajstić information content (AvgIpc) is 2.63. The number of nitrogen functional groups attached to an aromatic ring is 1. The molecule has 1 heterocycles. The Morgan fingerprint density at radius 3 is 2.81 bits per heavy atom. The second kappa shape index (κ2) is 4.84. The summed E-state index contributed by atoms with van der Waals surface area (Å²) in [5.74, 6) is -0.256. The lowest BCUT2D eigenvalue weighted by atomic mass is 10.3. The van der Waals surface area contributed by atoms with Gasteiger partial charge in [0, 0.05) is 20.7 Å². The van der Waals surface area contributed by atoms with Crippen LogP contribution in [0, 0.1) is 5.82 Å². The summed E-state index contributed by atoms with van der Waals surface area (Å²) >= 11 is 4.90. The first-order valence-electron chi connectivity index (χ1n) is 4.67. The Bertz CT molecular complexity index is 498. The third-order valence-corrected chi connectivity index (χ3v) is 3.74. The third kappa shape index (κ3) is 2.54. The minimum Gasteiger partial charge on any atom is -0.398 e. The topological polar surface area (TPSA) is 38.0 Å². The highest BCUT2D eigenvalue weighted by atomic mass is 79.9. The fourth-order valence-corrected chi connectivity index (χ4v) is 2.53. The van der Waals surface area contributed by atoms with Crippen LogP contribution >= 0.6 is 27.3 Å². The van der Waals surface area contributed by atoms with Gasteiger partial charge in [-0.15, -0.1) is 11.3 Å². The second-order valence-electron chi connectivity index (χ2n) is 3.28. The highest BCUT2D eigenvalue weighted by molar-refractivity contribution is 9.10. The Kier molecular flexibility index (Phi) is 3.46. The number of nitrogens with two attached hydrogens (primary N) is 1. The van der Waals surface area contributed by atoms with E-state index in [-0.39, 0.29) is 5.82 Å². The first-order chi connectivity index (χ1) is 7.66. The molecular weight excluding hydrogens is 291 g/mol. The highest BCUT2D eigenvalue weighted by Crippen LogP contribution is 2.25. The number of anilines is 2. The van der Waals surface area contributed by atoms with Gasteiger partial charge in [-0.1, -0.05) is 0 Å². The molecule has 3 N–H and O–H groups in total. The molecule has 2 aromatic rings. The van der Waals surface area contributed by atoms with E-state index in [1.54, 1.807) is 17.4 Å². The molecule has 0 bridgehead atoms. The van der Waals surface area contributed by atoms with E-state index in [4.69, 9.17) is 5.73 Å². The monoisotopic (exact) mass is 300 g/mol. The third-order valence-electron chi connectivity index (χ3n) is 2.15. The van der Waals surface area contributed by atoms with Crippen LogP contribution in [0.25, 0.3) is 0 Å². The van der Waals surface area contributed by atoms with Crippen LogP contribution in [0.5, 0.6) is 0 Å². The molecule has 0 atom stereocenters. The number of nitrogens with one attached hydrogen (secondary N) is 1. The van der Waals surface area contributed by atoms with E-state index in [0.717, 1.165) is 16.3 Å². The highest BCUT2D eigenvalue weighted by Gasteiger charge is 2.03. The molecule has 2 rings (SSSR count). The van der Waals surface area contributed by atoms with Crippen molar-refractivity contribution in [1.29, 1.82) is 0 Å². The number of thiophene rings is 1. The Balaban J connectivity index is 2.08. The summed E-state index contributed by atoms with van der Waals surface area (Å²) in [6, 6.07) is 6.43. The summed E-state index contributed by atoms with van der Waals surface area (Å²) in [5.41, 5.74) is 7.41. The zero-order valence-electron chi connectivity index (χ0n) is 8.34. The van der Waals surface area contributed by atoms with E-state index in [9.17, 15) is 4.39 Å². The van der Waals surface area contributed by atoms with Crippen LogP contribution in [0.1, 0.15) is 4.88 Å². The van der Waals surface area contributed by atoms with E-state index in [1.165, 1.54) is 12.1 Å². The van der Waals surface area contributed by atoms with Crippen LogP contribution in [0.2, 0.25) is 0 Å². The number of hydrogen-bond acceptors (Lipinski definition) is 3. The second-order valence-corrected chi connectivity index (χ2v) is 5.13. The summed E-state index contributed by atoms with van der Waals surface area (Å²) < 4.78 is 13.6. The Morgan fingerprint density at radius 1 is 1.38 bits per heavy atom. The van der Waals surface area contributed by atoms with E-state index in [2.05, 4.69) is 21.2 Å². The predicted molar refractivity (Wildman–Crippen MR) is 70.2 cm³/mol. The molecule has 0 saturated carbocycles. The van der Waals surface area contributed by atoms with E-state index in [0.29, 0.717) is 11.0 Å². The summed E-state index contributed by atoms with van der Waals surface area (Å²) in [5, 5.41) is 5.15. The average molecular weight is 301 g/mol. The van der Waals surface area contributed by atoms with Gasteiger partial charge in [-0.2, -0.15) is 0 Å². The van der Waals surface area contributed by atoms with Gasteiger partial charge in [0.2, 0.25) is 0 Å². The Morgan fingerprint density at radius 2 is 2.19 bits per heavy atom. The molecule has 1 aromatic carbocycles. The van der Waals surface area contributed by atoms with Crippen molar-refractivity contribution < 1.29 is 4.39 Å². The standard InChI is InChI=1S/C11H10BrFN2S/c12-8-5-7(13)1-2-10(8)15-6-11-9(14)3-4-16-11/h1-5,15H,6,14H2. The SMILES string of the molecule is Nc1ccsc1CNc1ccc(F)cc1Br. The minimum absolute atomic E-state index is 0.256. The van der Waals surface area contributed by atoms with Crippen molar-refractivity contribution in [2.75, 3.05) is 11.1 Å². The molecule has 0 radical (unpaired) electrons. The van der Waals surface area contributed by atoms with Crippen molar-refractivity contribution >= 4 is 38.6 Å². The van der Waals surface area contributed by atoms with E-state index in [1.807, 2.05) is 11.4 Å². The fraction of sp³-hybridized carbons (Fsp3) is 0.0909. The van der Waals surface area contributed by atoms with Gasteiger partial charge in [-0.25, -0.2) is 4.39 Å². The molecule has 0 fully saturated rings. The maximum atomic E-state index is 12.8. The lowest BCUT2D eigenvalue weighted by molar-refractivity contribution is 0.627. The quantitative estimate of drug-likeness (QED) is 0.904. The van der Waals surface area contributed by atoms with Crippen LogP contribution in [-0.4, -0.2) is 0 Å². The van der Waals surface area contributed by atoms with Gasteiger partial charge in [0.1, 0.15) is 5.82 Å². The van der Waals surface area contributed by atoms with Crippen molar-refractivity contribution in [2.24, 2.45) is 0 Å². The van der Waals surface area contributed by atoms with Crippen LogP contribution in [-0.2, 0) is 6.54 Å². The lowest BCUT2D eigenvalue weighted by Gasteiger charge is -2.07. The molecule has 2 nitrogen and oxygen atoms in total. The van der Waals surface area contributed by atoms with Crippen LogP contribution < -0.4 is 11.1 Å². The molecule has 0 spiro atoms. The van der Waals surface area contributed by atoms with Crippen molar-refractivity contribution in [3.8, 4) is 0 Å². The number of hydrogen-bond donors (Lipinski definition) is 2. The summed E-state index contributed by atoms with van der Waals surface area (Å²) in [7, 11) is 0. The molecule has 5 heteroatoms. The maximum absolute atomic E-state index is 12.8. The normalized spacial score (nSPS) is 10.4. The smallest absolute Gasteiger partial charge is 0.124 e. The van der Waals surface area contributed by atoms with Gasteiger partial charge in [0.05, 0.1) is 6.54 Å². The van der Waals surface area contributed by atoms with Gasteiger partial charge in [-0.3, -0.25) is 0 Å². The van der Waals surface area contributed by atoms with Crippen LogP contribution in [0.4, 0.5) is 15.8 Å². The maximum Gasteiger partial charge on any atom is 0.124 e. The summed E-state index contributed by atoms with van der Waals surface area (Å²) in [4.78, 5) is 1.08. The molecule has 0 amide bonds. The summed E-state index contributed by atoms with van der Waals surface area (Å²) in [6.45, 7) is 0.647. The molecule has 1 aromatic heterocycles. The first kappa shape index (κ1) is 11.4. The minimum atomic E-state index is -0.256. The van der Waals surface area contributed by atoms with Crippen molar-refractivity contribution in [3.05, 3.63) is 44.8 Å². The largest absolute Gasteiger partial charge is 0.398 e. The molecule has 16 heavy (non-hydrogen) atoms. The van der Waals surface area contributed by atoms with Crippen LogP contribution in [0.15, 0.2) is 34.1 Å². The van der Waals surface area contributed by atoms with Gasteiger partial charge in [0.25, 0.3) is 0 Å². The van der Waals surface area contributed by atoms with Gasteiger partial charge in [0.15, 0.2) is 0 Å². The zero-order chi connectivity index (χ0) is 11.5. The molecule has 0 aliphatic heterocycles. The predicted octanol–water partition coefficient (Wildman–Crippen LogP) is 3.84. The fourth-order valence-electron chi connectivity index (χ4n) is 1.30. The molecular formula is C11H10BrFN2S. The lowest BCUT2D eigenvalue weighted by Crippen LogP contribution is -2.00.